The Hall–Kier alpha value is -2.02. The van der Waals surface area contributed by atoms with Crippen molar-refractivity contribution in [3.8, 4) is 0 Å². The third-order valence-corrected chi connectivity index (χ3v) is 5.26. The Morgan fingerprint density at radius 2 is 2.04 bits per heavy atom. The van der Waals surface area contributed by atoms with E-state index in [0.29, 0.717) is 18.7 Å². The van der Waals surface area contributed by atoms with Crippen LogP contribution in [0.15, 0.2) is 29.2 Å². The summed E-state index contributed by atoms with van der Waals surface area (Å²) in [6.07, 6.45) is 2.08. The van der Waals surface area contributed by atoms with Gasteiger partial charge in [0.25, 0.3) is 0 Å². The summed E-state index contributed by atoms with van der Waals surface area (Å²) >= 11 is 1.46. The summed E-state index contributed by atoms with van der Waals surface area (Å²) in [7, 11) is 0. The molecule has 1 atom stereocenters. The molecule has 0 spiro atoms. The summed E-state index contributed by atoms with van der Waals surface area (Å²) in [5, 5.41) is 9.30. The molecule has 2 aliphatic heterocycles. The molecule has 1 fully saturated rings. The molecule has 0 radical (unpaired) electrons. The summed E-state index contributed by atoms with van der Waals surface area (Å²) in [6, 6.07) is 6.69. The zero-order valence-corrected chi connectivity index (χ0v) is 13.4. The Kier molecular flexibility index (Phi) is 4.56. The smallest absolute Gasteiger partial charge is 0.326 e. The van der Waals surface area contributed by atoms with E-state index in [0.717, 1.165) is 23.4 Å². The maximum Gasteiger partial charge on any atom is 0.326 e. The van der Waals surface area contributed by atoms with Crippen LogP contribution in [0, 0.1) is 0 Å². The van der Waals surface area contributed by atoms with Gasteiger partial charge in [-0.1, -0.05) is 12.1 Å². The Balaban J connectivity index is 1.79. The number of anilines is 1. The van der Waals surface area contributed by atoms with Crippen LogP contribution in [0.2, 0.25) is 0 Å². The average Bonchev–Trinajstić information content (AvgIpc) is 2.57. The van der Waals surface area contributed by atoms with Crippen LogP contribution in [0.4, 0.5) is 5.69 Å². The molecule has 0 bridgehead atoms. The van der Waals surface area contributed by atoms with Gasteiger partial charge in [0, 0.05) is 11.4 Å². The van der Waals surface area contributed by atoms with Crippen LogP contribution >= 0.6 is 11.8 Å². The minimum absolute atomic E-state index is 0.0970. The van der Waals surface area contributed by atoms with Crippen molar-refractivity contribution >= 4 is 35.2 Å². The van der Waals surface area contributed by atoms with Gasteiger partial charge in [-0.3, -0.25) is 9.59 Å². The van der Waals surface area contributed by atoms with Crippen molar-refractivity contribution in [2.75, 3.05) is 23.7 Å². The van der Waals surface area contributed by atoms with Crippen molar-refractivity contribution in [2.24, 2.45) is 0 Å². The van der Waals surface area contributed by atoms with Gasteiger partial charge in [0.15, 0.2) is 0 Å². The Bertz CT molecular complexity index is 649. The van der Waals surface area contributed by atoms with Crippen LogP contribution in [-0.4, -0.2) is 52.7 Å². The molecular formula is C16H18N2O4S. The number of hydrogen-bond donors (Lipinski definition) is 1. The number of benzene rings is 1. The van der Waals surface area contributed by atoms with Crippen LogP contribution < -0.4 is 4.90 Å². The van der Waals surface area contributed by atoms with Crippen LogP contribution in [0.3, 0.4) is 0 Å². The second kappa shape index (κ2) is 6.62. The van der Waals surface area contributed by atoms with Gasteiger partial charge < -0.3 is 14.9 Å². The van der Waals surface area contributed by atoms with E-state index in [2.05, 4.69) is 0 Å². The number of fused-ring (bicyclic) bond motifs is 1. The first kappa shape index (κ1) is 15.9. The van der Waals surface area contributed by atoms with Gasteiger partial charge in [-0.05, 0) is 31.4 Å². The van der Waals surface area contributed by atoms with Crippen molar-refractivity contribution in [3.63, 3.8) is 0 Å². The molecule has 3 rings (SSSR count). The predicted molar refractivity (Wildman–Crippen MR) is 86.5 cm³/mol. The molecule has 6 nitrogen and oxygen atoms in total. The zero-order chi connectivity index (χ0) is 16.4. The number of thioether (sulfide) groups is 1. The number of carboxylic acids is 1. The molecule has 2 aliphatic rings. The van der Waals surface area contributed by atoms with E-state index < -0.39 is 12.0 Å². The van der Waals surface area contributed by atoms with E-state index in [1.54, 1.807) is 0 Å². The number of para-hydroxylation sites is 1. The van der Waals surface area contributed by atoms with E-state index in [1.807, 2.05) is 24.3 Å². The first-order valence-corrected chi connectivity index (χ1v) is 8.61. The quantitative estimate of drug-likeness (QED) is 0.908. The highest BCUT2D eigenvalue weighted by atomic mass is 32.2. The molecule has 23 heavy (non-hydrogen) atoms. The van der Waals surface area contributed by atoms with Crippen molar-refractivity contribution in [1.29, 1.82) is 0 Å². The fraction of sp³-hybridized carbons (Fsp3) is 0.438. The summed E-state index contributed by atoms with van der Waals surface area (Å²) in [6.45, 7) is 0.342. The molecule has 0 aromatic heterocycles. The molecule has 1 saturated heterocycles. The number of aliphatic carboxylic acids is 1. The van der Waals surface area contributed by atoms with E-state index >= 15 is 0 Å². The lowest BCUT2D eigenvalue weighted by Crippen LogP contribution is -2.52. The van der Waals surface area contributed by atoms with Gasteiger partial charge in [-0.2, -0.15) is 0 Å². The number of piperidine rings is 1. The van der Waals surface area contributed by atoms with Gasteiger partial charge in [-0.15, -0.1) is 11.8 Å². The van der Waals surface area contributed by atoms with Gasteiger partial charge in [0.05, 0.1) is 11.4 Å². The van der Waals surface area contributed by atoms with Gasteiger partial charge >= 0.3 is 5.97 Å². The van der Waals surface area contributed by atoms with Crippen LogP contribution in [0.25, 0.3) is 0 Å². The Morgan fingerprint density at radius 1 is 1.26 bits per heavy atom. The molecule has 0 unspecified atom stereocenters. The number of hydrogen-bond acceptors (Lipinski definition) is 4. The molecule has 1 N–H and O–H groups in total. The molecule has 7 heteroatoms. The number of carboxylic acid groups (broad SMARTS) is 1. The largest absolute Gasteiger partial charge is 0.480 e. The lowest BCUT2D eigenvalue weighted by atomic mass is 10.0. The normalized spacial score (nSPS) is 21.0. The second-order valence-corrected chi connectivity index (χ2v) is 6.69. The van der Waals surface area contributed by atoms with Crippen LogP contribution in [0.1, 0.15) is 19.3 Å². The Morgan fingerprint density at radius 3 is 2.83 bits per heavy atom. The topological polar surface area (TPSA) is 77.9 Å². The summed E-state index contributed by atoms with van der Waals surface area (Å²) in [5.74, 6) is -1.09. The molecule has 2 heterocycles. The maximum atomic E-state index is 12.6. The van der Waals surface area contributed by atoms with Crippen molar-refractivity contribution < 1.29 is 19.5 Å². The van der Waals surface area contributed by atoms with E-state index in [1.165, 1.54) is 21.6 Å². The van der Waals surface area contributed by atoms with Crippen molar-refractivity contribution in [1.82, 2.24) is 4.90 Å². The van der Waals surface area contributed by atoms with Crippen LogP contribution in [-0.2, 0) is 14.4 Å². The SMILES string of the molecule is O=C(O)[C@H]1CCCCN1C(=O)CN1C(=O)CSc2ccccc21. The van der Waals surface area contributed by atoms with E-state index in [4.69, 9.17) is 0 Å². The molecule has 1 aromatic rings. The number of amides is 2. The minimum Gasteiger partial charge on any atom is -0.480 e. The monoisotopic (exact) mass is 334 g/mol. The summed E-state index contributed by atoms with van der Waals surface area (Å²) < 4.78 is 0. The van der Waals surface area contributed by atoms with Crippen LogP contribution in [0.5, 0.6) is 0 Å². The van der Waals surface area contributed by atoms with Crippen molar-refractivity contribution in [3.05, 3.63) is 24.3 Å². The number of nitrogens with zero attached hydrogens (tertiary/aromatic N) is 2. The molecule has 1 aromatic carbocycles. The fourth-order valence-electron chi connectivity index (χ4n) is 3.04. The van der Waals surface area contributed by atoms with Gasteiger partial charge in [0.1, 0.15) is 12.6 Å². The Labute approximate surface area is 138 Å². The maximum absolute atomic E-state index is 12.6. The average molecular weight is 334 g/mol. The number of likely N-dealkylation sites (tertiary alicyclic amines) is 1. The zero-order valence-electron chi connectivity index (χ0n) is 12.6. The molecular weight excluding hydrogens is 316 g/mol. The van der Waals surface area contributed by atoms with E-state index in [-0.39, 0.29) is 18.4 Å². The van der Waals surface area contributed by atoms with Gasteiger partial charge in [0.2, 0.25) is 11.8 Å². The second-order valence-electron chi connectivity index (χ2n) is 5.67. The highest BCUT2D eigenvalue weighted by Crippen LogP contribution is 2.35. The predicted octanol–water partition coefficient (Wildman–Crippen LogP) is 1.59. The summed E-state index contributed by atoms with van der Waals surface area (Å²) in [5.41, 5.74) is 0.728. The molecule has 0 aliphatic carbocycles. The molecule has 122 valence electrons. The first-order chi connectivity index (χ1) is 11.1. The molecule has 2 amide bonds. The minimum atomic E-state index is -0.973. The third kappa shape index (κ3) is 3.19. The van der Waals surface area contributed by atoms with Gasteiger partial charge in [-0.25, -0.2) is 4.79 Å². The van der Waals surface area contributed by atoms with E-state index in [9.17, 15) is 19.5 Å². The highest BCUT2D eigenvalue weighted by Gasteiger charge is 2.34. The lowest BCUT2D eigenvalue weighted by molar-refractivity contribution is -0.151. The third-order valence-electron chi connectivity index (χ3n) is 4.21. The number of carbonyl (C=O) groups excluding carboxylic acids is 2. The number of carbonyl (C=O) groups is 3. The standard InChI is InChI=1S/C16H18N2O4S/c19-14(17-8-4-3-6-12(17)16(21)22)9-18-11-5-1-2-7-13(11)23-10-15(18)20/h1-2,5,7,12H,3-4,6,8-10H2,(H,21,22)/t12-/m1/s1. The fourth-order valence-corrected chi connectivity index (χ4v) is 3.98. The molecule has 0 saturated carbocycles. The number of rotatable bonds is 3. The summed E-state index contributed by atoms with van der Waals surface area (Å²) in [4.78, 5) is 40.0. The highest BCUT2D eigenvalue weighted by molar-refractivity contribution is 8.00. The van der Waals surface area contributed by atoms with Crippen molar-refractivity contribution in [2.45, 2.75) is 30.2 Å². The first-order valence-electron chi connectivity index (χ1n) is 7.62. The lowest BCUT2D eigenvalue weighted by Gasteiger charge is -2.35.